The van der Waals surface area contributed by atoms with Crippen LogP contribution in [-0.2, 0) is 16.1 Å². The second-order valence-electron chi connectivity index (χ2n) is 6.94. The largest absolute Gasteiger partial charge is 0.483 e. The summed E-state index contributed by atoms with van der Waals surface area (Å²) in [6.45, 7) is 8.25. The van der Waals surface area contributed by atoms with Crippen molar-refractivity contribution in [1.29, 1.82) is 0 Å². The van der Waals surface area contributed by atoms with Gasteiger partial charge in [-0.2, -0.15) is 0 Å². The third kappa shape index (κ3) is 6.64. The molecule has 2 aromatic rings. The van der Waals surface area contributed by atoms with Crippen LogP contribution in [-0.4, -0.2) is 56.8 Å². The molecular weight excluding hydrogens is 354 g/mol. The quantitative estimate of drug-likeness (QED) is 0.651. The van der Waals surface area contributed by atoms with Gasteiger partial charge in [0.2, 0.25) is 0 Å². The lowest BCUT2D eigenvalue weighted by molar-refractivity contribution is -0.118. The summed E-state index contributed by atoms with van der Waals surface area (Å²) in [6, 6.07) is 15.5. The monoisotopic (exact) mass is 383 g/mol. The van der Waals surface area contributed by atoms with Crippen molar-refractivity contribution in [3.63, 3.8) is 0 Å². The van der Waals surface area contributed by atoms with E-state index in [1.807, 2.05) is 55.5 Å². The van der Waals surface area contributed by atoms with Crippen molar-refractivity contribution >= 4 is 11.6 Å². The van der Waals surface area contributed by atoms with Crippen LogP contribution in [0.1, 0.15) is 11.1 Å². The number of carbonyl (C=O) groups is 1. The first-order chi connectivity index (χ1) is 13.7. The molecule has 2 aromatic carbocycles. The van der Waals surface area contributed by atoms with E-state index in [1.54, 1.807) is 0 Å². The van der Waals surface area contributed by atoms with Crippen molar-refractivity contribution in [3.05, 3.63) is 59.7 Å². The van der Waals surface area contributed by atoms with Crippen LogP contribution in [0.4, 0.5) is 5.69 Å². The normalized spacial score (nSPS) is 14.6. The number of hydrogen-bond acceptors (Lipinski definition) is 5. The second kappa shape index (κ2) is 10.8. The molecule has 1 aliphatic heterocycles. The van der Waals surface area contributed by atoms with E-state index < -0.39 is 0 Å². The third-order valence-electron chi connectivity index (χ3n) is 4.69. The van der Waals surface area contributed by atoms with Gasteiger partial charge in [-0.1, -0.05) is 35.9 Å². The molecule has 0 atom stereocenters. The molecule has 0 bridgehead atoms. The third-order valence-corrected chi connectivity index (χ3v) is 4.69. The zero-order valence-electron chi connectivity index (χ0n) is 16.4. The maximum absolute atomic E-state index is 12.1. The van der Waals surface area contributed by atoms with Gasteiger partial charge >= 0.3 is 0 Å². The minimum atomic E-state index is -0.168. The maximum Gasteiger partial charge on any atom is 0.262 e. The molecule has 0 saturated carbocycles. The number of nitrogens with zero attached hydrogens (tertiary/aromatic N) is 1. The molecule has 150 valence electrons. The van der Waals surface area contributed by atoms with Crippen molar-refractivity contribution in [2.45, 2.75) is 13.5 Å². The Hall–Kier alpha value is -2.41. The van der Waals surface area contributed by atoms with E-state index in [0.717, 1.165) is 62.0 Å². The highest BCUT2D eigenvalue weighted by Crippen LogP contribution is 2.18. The zero-order valence-corrected chi connectivity index (χ0v) is 16.4. The second-order valence-corrected chi connectivity index (χ2v) is 6.94. The predicted octanol–water partition coefficient (Wildman–Crippen LogP) is 2.43. The number of carbonyl (C=O) groups excluding carboxylic acids is 1. The van der Waals surface area contributed by atoms with Crippen molar-refractivity contribution < 1.29 is 14.3 Å². The van der Waals surface area contributed by atoms with Crippen molar-refractivity contribution in [3.8, 4) is 5.75 Å². The van der Waals surface area contributed by atoms with E-state index in [9.17, 15) is 4.79 Å². The number of rotatable bonds is 9. The molecule has 0 aromatic heterocycles. The van der Waals surface area contributed by atoms with E-state index >= 15 is 0 Å². The molecule has 0 radical (unpaired) electrons. The minimum Gasteiger partial charge on any atom is -0.483 e. The van der Waals surface area contributed by atoms with Crippen LogP contribution >= 0.6 is 0 Å². The van der Waals surface area contributed by atoms with Crippen LogP contribution < -0.4 is 15.4 Å². The standard InChI is InChI=1S/C22H29N3O3/c1-18-6-8-20(9-7-18)24-22(26)17-28-21-5-3-2-4-19(21)16-23-10-11-25-12-14-27-15-13-25/h2-9,23H,10-17H2,1H3,(H,24,26). The predicted molar refractivity (Wildman–Crippen MR) is 111 cm³/mol. The number of anilines is 1. The maximum atomic E-state index is 12.1. The van der Waals surface area contributed by atoms with E-state index in [0.29, 0.717) is 6.54 Å². The van der Waals surface area contributed by atoms with Gasteiger partial charge < -0.3 is 20.1 Å². The first kappa shape index (κ1) is 20.3. The molecule has 3 rings (SSSR count). The zero-order chi connectivity index (χ0) is 19.6. The van der Waals surface area contributed by atoms with Gasteiger partial charge in [0.1, 0.15) is 5.75 Å². The number of morpholine rings is 1. The summed E-state index contributed by atoms with van der Waals surface area (Å²) in [7, 11) is 0. The number of amides is 1. The van der Waals surface area contributed by atoms with Crippen molar-refractivity contribution in [1.82, 2.24) is 10.2 Å². The summed E-state index contributed by atoms with van der Waals surface area (Å²) in [6.07, 6.45) is 0. The minimum absolute atomic E-state index is 0.0152. The number of ether oxygens (including phenoxy) is 2. The molecule has 6 heteroatoms. The number of hydrogen-bond donors (Lipinski definition) is 2. The summed E-state index contributed by atoms with van der Waals surface area (Å²) in [5, 5.41) is 6.31. The summed E-state index contributed by atoms with van der Waals surface area (Å²) in [4.78, 5) is 14.5. The molecule has 1 aliphatic rings. The summed E-state index contributed by atoms with van der Waals surface area (Å²) in [5.74, 6) is 0.569. The van der Waals surface area contributed by atoms with E-state index in [4.69, 9.17) is 9.47 Å². The fraction of sp³-hybridized carbons (Fsp3) is 0.409. The molecule has 0 spiro atoms. The highest BCUT2D eigenvalue weighted by atomic mass is 16.5. The van der Waals surface area contributed by atoms with E-state index in [1.165, 1.54) is 0 Å². The first-order valence-electron chi connectivity index (χ1n) is 9.79. The average molecular weight is 383 g/mol. The Bertz CT molecular complexity index is 743. The number of para-hydroxylation sites is 1. The molecule has 1 heterocycles. The van der Waals surface area contributed by atoms with Crippen LogP contribution in [0, 0.1) is 6.92 Å². The molecule has 1 saturated heterocycles. The molecule has 0 unspecified atom stereocenters. The van der Waals surface area contributed by atoms with Crippen molar-refractivity contribution in [2.24, 2.45) is 0 Å². The van der Waals surface area contributed by atoms with Gasteiger partial charge in [-0.25, -0.2) is 0 Å². The molecular formula is C22H29N3O3. The highest BCUT2D eigenvalue weighted by molar-refractivity contribution is 5.91. The van der Waals surface area contributed by atoms with Gasteiger partial charge in [-0.3, -0.25) is 9.69 Å². The van der Waals surface area contributed by atoms with Gasteiger partial charge in [0.25, 0.3) is 5.91 Å². The van der Waals surface area contributed by atoms with Gasteiger partial charge in [0, 0.05) is 44.0 Å². The topological polar surface area (TPSA) is 62.8 Å². The molecule has 2 N–H and O–H groups in total. The molecule has 1 fully saturated rings. The van der Waals surface area contributed by atoms with Crippen LogP contribution in [0.5, 0.6) is 5.75 Å². The van der Waals surface area contributed by atoms with Crippen LogP contribution in [0.15, 0.2) is 48.5 Å². The Kier molecular flexibility index (Phi) is 7.84. The number of aryl methyl sites for hydroxylation is 1. The molecule has 6 nitrogen and oxygen atoms in total. The van der Waals surface area contributed by atoms with Gasteiger partial charge in [-0.05, 0) is 25.1 Å². The average Bonchev–Trinajstić information content (AvgIpc) is 2.73. The Morgan fingerprint density at radius 3 is 2.64 bits per heavy atom. The molecule has 1 amide bonds. The Morgan fingerprint density at radius 2 is 1.86 bits per heavy atom. The number of nitrogens with one attached hydrogen (secondary N) is 2. The molecule has 28 heavy (non-hydrogen) atoms. The van der Waals surface area contributed by atoms with E-state index in [2.05, 4.69) is 15.5 Å². The smallest absolute Gasteiger partial charge is 0.262 e. The lowest BCUT2D eigenvalue weighted by Gasteiger charge is -2.26. The number of benzene rings is 2. The Labute approximate surface area is 166 Å². The highest BCUT2D eigenvalue weighted by Gasteiger charge is 2.10. The fourth-order valence-electron chi connectivity index (χ4n) is 3.05. The Balaban J connectivity index is 1.42. The summed E-state index contributed by atoms with van der Waals surface area (Å²) in [5.41, 5.74) is 2.98. The van der Waals surface area contributed by atoms with Gasteiger partial charge in [-0.15, -0.1) is 0 Å². The van der Waals surface area contributed by atoms with Crippen LogP contribution in [0.25, 0.3) is 0 Å². The Morgan fingerprint density at radius 1 is 1.11 bits per heavy atom. The lowest BCUT2D eigenvalue weighted by Crippen LogP contribution is -2.40. The first-order valence-corrected chi connectivity index (χ1v) is 9.79. The lowest BCUT2D eigenvalue weighted by atomic mass is 10.2. The van der Waals surface area contributed by atoms with Crippen LogP contribution in [0.3, 0.4) is 0 Å². The summed E-state index contributed by atoms with van der Waals surface area (Å²) < 4.78 is 11.1. The SMILES string of the molecule is Cc1ccc(NC(=O)COc2ccccc2CNCCN2CCOCC2)cc1. The van der Waals surface area contributed by atoms with Crippen LogP contribution in [0.2, 0.25) is 0 Å². The fourth-order valence-corrected chi connectivity index (χ4v) is 3.05. The van der Waals surface area contributed by atoms with Crippen molar-refractivity contribution in [2.75, 3.05) is 51.3 Å². The summed E-state index contributed by atoms with van der Waals surface area (Å²) >= 11 is 0. The van der Waals surface area contributed by atoms with Gasteiger partial charge in [0.05, 0.1) is 13.2 Å². The van der Waals surface area contributed by atoms with E-state index in [-0.39, 0.29) is 12.5 Å². The molecule has 0 aliphatic carbocycles. The van der Waals surface area contributed by atoms with Gasteiger partial charge in [0.15, 0.2) is 6.61 Å².